The molecule has 1 aliphatic heterocycles. The summed E-state index contributed by atoms with van der Waals surface area (Å²) in [6, 6.07) is 0.659. The Hall–Kier alpha value is 0.270. The van der Waals surface area contributed by atoms with Crippen LogP contribution in [0.5, 0.6) is 0 Å². The van der Waals surface area contributed by atoms with Crippen LogP contribution in [0.15, 0.2) is 0 Å². The van der Waals surface area contributed by atoms with Gasteiger partial charge in [0.15, 0.2) is 0 Å². The van der Waals surface area contributed by atoms with Crippen LogP contribution in [-0.4, -0.2) is 40.6 Å². The predicted octanol–water partition coefficient (Wildman–Crippen LogP) is 2.33. The van der Waals surface area contributed by atoms with E-state index in [-0.39, 0.29) is 5.54 Å². The number of nitrogens with zero attached hydrogens (tertiary/aromatic N) is 1. The van der Waals surface area contributed by atoms with Gasteiger partial charge in [0.2, 0.25) is 0 Å². The summed E-state index contributed by atoms with van der Waals surface area (Å²) in [5, 5.41) is 0.739. The quantitative estimate of drug-likeness (QED) is 0.804. The second kappa shape index (κ2) is 5.55. The van der Waals surface area contributed by atoms with Crippen molar-refractivity contribution in [2.24, 2.45) is 5.73 Å². The van der Waals surface area contributed by atoms with Crippen LogP contribution in [0.3, 0.4) is 0 Å². The van der Waals surface area contributed by atoms with Crippen molar-refractivity contribution in [3.63, 3.8) is 0 Å². The van der Waals surface area contributed by atoms with Gasteiger partial charge in [0.25, 0.3) is 0 Å². The van der Waals surface area contributed by atoms with Crippen LogP contribution in [0.1, 0.15) is 40.5 Å². The highest BCUT2D eigenvalue weighted by atomic mass is 32.2. The molecule has 3 heteroatoms. The first-order valence-electron chi connectivity index (χ1n) is 6.19. The lowest BCUT2D eigenvalue weighted by Crippen LogP contribution is -2.60. The maximum atomic E-state index is 6.02. The molecular weight excluding hydrogens is 204 g/mol. The maximum Gasteiger partial charge on any atom is 0.0330 e. The van der Waals surface area contributed by atoms with Crippen molar-refractivity contribution in [2.75, 3.05) is 18.8 Å². The molecule has 15 heavy (non-hydrogen) atoms. The number of hydrogen-bond acceptors (Lipinski definition) is 3. The highest BCUT2D eigenvalue weighted by molar-refractivity contribution is 8.00. The first-order chi connectivity index (χ1) is 7.11. The molecule has 0 aromatic rings. The smallest absolute Gasteiger partial charge is 0.0330 e. The standard InChI is InChI=1S/C12H26N2S/c1-5-12(6-2,9-13)14-7-8-15-11(4)10(14)3/h10-11H,5-9,13H2,1-4H3. The van der Waals surface area contributed by atoms with Crippen LogP contribution in [0.4, 0.5) is 0 Å². The van der Waals surface area contributed by atoms with Gasteiger partial charge in [-0.3, -0.25) is 4.90 Å². The molecule has 2 N–H and O–H groups in total. The third-order valence-corrected chi connectivity index (χ3v) is 5.53. The Labute approximate surface area is 99.0 Å². The molecule has 0 amide bonds. The largest absolute Gasteiger partial charge is 0.329 e. The fraction of sp³-hybridized carbons (Fsp3) is 1.00. The van der Waals surface area contributed by atoms with Crippen molar-refractivity contribution in [3.8, 4) is 0 Å². The van der Waals surface area contributed by atoms with Crippen molar-refractivity contribution in [1.29, 1.82) is 0 Å². The number of thioether (sulfide) groups is 1. The van der Waals surface area contributed by atoms with E-state index in [0.717, 1.165) is 11.8 Å². The lowest BCUT2D eigenvalue weighted by molar-refractivity contribution is 0.0501. The second-order valence-corrected chi connectivity index (χ2v) is 6.13. The molecule has 0 spiro atoms. The molecule has 2 atom stereocenters. The summed E-state index contributed by atoms with van der Waals surface area (Å²) in [5.74, 6) is 1.26. The summed E-state index contributed by atoms with van der Waals surface area (Å²) in [6.45, 7) is 11.2. The van der Waals surface area contributed by atoms with E-state index in [1.807, 2.05) is 0 Å². The van der Waals surface area contributed by atoms with E-state index in [2.05, 4.69) is 44.4 Å². The van der Waals surface area contributed by atoms with Crippen LogP contribution >= 0.6 is 11.8 Å². The lowest BCUT2D eigenvalue weighted by atomic mass is 9.88. The maximum absolute atomic E-state index is 6.02. The highest BCUT2D eigenvalue weighted by Gasteiger charge is 2.38. The van der Waals surface area contributed by atoms with Crippen LogP contribution in [0.2, 0.25) is 0 Å². The SMILES string of the molecule is CCC(CC)(CN)N1CCSC(C)C1C. The number of rotatable bonds is 4. The Balaban J connectivity index is 2.82. The fourth-order valence-corrected chi connectivity index (χ4v) is 3.76. The Kier molecular flexibility index (Phi) is 4.94. The van der Waals surface area contributed by atoms with Crippen molar-refractivity contribution >= 4 is 11.8 Å². The van der Waals surface area contributed by atoms with Crippen molar-refractivity contribution in [3.05, 3.63) is 0 Å². The van der Waals surface area contributed by atoms with E-state index in [0.29, 0.717) is 6.04 Å². The molecule has 0 aliphatic carbocycles. The van der Waals surface area contributed by atoms with Gasteiger partial charge in [0.1, 0.15) is 0 Å². The van der Waals surface area contributed by atoms with E-state index >= 15 is 0 Å². The Morgan fingerprint density at radius 1 is 1.33 bits per heavy atom. The van der Waals surface area contributed by atoms with Gasteiger partial charge in [-0.15, -0.1) is 0 Å². The average molecular weight is 230 g/mol. The number of hydrogen-bond donors (Lipinski definition) is 1. The van der Waals surface area contributed by atoms with Crippen LogP contribution in [0, 0.1) is 0 Å². The Bertz CT molecular complexity index is 184. The Morgan fingerprint density at radius 3 is 2.40 bits per heavy atom. The molecule has 1 fully saturated rings. The van der Waals surface area contributed by atoms with Gasteiger partial charge >= 0.3 is 0 Å². The molecule has 1 aliphatic rings. The predicted molar refractivity (Wildman–Crippen MR) is 70.5 cm³/mol. The summed E-state index contributed by atoms with van der Waals surface area (Å²) in [4.78, 5) is 2.66. The van der Waals surface area contributed by atoms with Crippen molar-refractivity contribution in [1.82, 2.24) is 4.90 Å². The summed E-state index contributed by atoms with van der Waals surface area (Å²) in [7, 11) is 0. The topological polar surface area (TPSA) is 29.3 Å². The molecule has 1 saturated heterocycles. The van der Waals surface area contributed by atoms with Gasteiger partial charge in [-0.05, 0) is 19.8 Å². The van der Waals surface area contributed by atoms with Gasteiger partial charge in [0.05, 0.1) is 0 Å². The minimum absolute atomic E-state index is 0.245. The molecule has 90 valence electrons. The van der Waals surface area contributed by atoms with E-state index in [9.17, 15) is 0 Å². The minimum atomic E-state index is 0.245. The third-order valence-electron chi connectivity index (χ3n) is 4.19. The monoisotopic (exact) mass is 230 g/mol. The van der Waals surface area contributed by atoms with Crippen molar-refractivity contribution in [2.45, 2.75) is 57.4 Å². The summed E-state index contributed by atoms with van der Waals surface area (Å²) >= 11 is 2.09. The first kappa shape index (κ1) is 13.3. The number of nitrogens with two attached hydrogens (primary N) is 1. The summed E-state index contributed by atoms with van der Waals surface area (Å²) in [5.41, 5.74) is 6.26. The first-order valence-corrected chi connectivity index (χ1v) is 7.24. The second-order valence-electron chi connectivity index (χ2n) is 4.65. The molecule has 1 rings (SSSR count). The molecule has 0 saturated carbocycles. The minimum Gasteiger partial charge on any atom is -0.329 e. The highest BCUT2D eigenvalue weighted by Crippen LogP contribution is 2.33. The molecule has 0 radical (unpaired) electrons. The van der Waals surface area contributed by atoms with E-state index < -0.39 is 0 Å². The molecule has 1 heterocycles. The van der Waals surface area contributed by atoms with Crippen LogP contribution in [-0.2, 0) is 0 Å². The molecule has 0 bridgehead atoms. The molecule has 2 unspecified atom stereocenters. The lowest BCUT2D eigenvalue weighted by Gasteiger charge is -2.50. The summed E-state index contributed by atoms with van der Waals surface area (Å²) < 4.78 is 0. The molecule has 0 aromatic heterocycles. The van der Waals surface area contributed by atoms with E-state index in [1.165, 1.54) is 25.1 Å². The normalized spacial score (nSPS) is 29.4. The Morgan fingerprint density at radius 2 is 1.93 bits per heavy atom. The average Bonchev–Trinajstić information content (AvgIpc) is 2.27. The third kappa shape index (κ3) is 2.51. The zero-order valence-electron chi connectivity index (χ0n) is 10.6. The van der Waals surface area contributed by atoms with Gasteiger partial charge in [0, 0.05) is 35.7 Å². The van der Waals surface area contributed by atoms with Gasteiger partial charge in [-0.2, -0.15) is 11.8 Å². The van der Waals surface area contributed by atoms with Crippen molar-refractivity contribution < 1.29 is 0 Å². The van der Waals surface area contributed by atoms with E-state index in [1.54, 1.807) is 0 Å². The van der Waals surface area contributed by atoms with E-state index in [4.69, 9.17) is 5.73 Å². The molecular formula is C12H26N2S. The zero-order valence-corrected chi connectivity index (χ0v) is 11.4. The zero-order chi connectivity index (χ0) is 11.5. The van der Waals surface area contributed by atoms with Gasteiger partial charge in [-0.1, -0.05) is 20.8 Å². The van der Waals surface area contributed by atoms with Crippen LogP contribution in [0.25, 0.3) is 0 Å². The van der Waals surface area contributed by atoms with Crippen LogP contribution < -0.4 is 5.73 Å². The van der Waals surface area contributed by atoms with Gasteiger partial charge < -0.3 is 5.73 Å². The van der Waals surface area contributed by atoms with Gasteiger partial charge in [-0.25, -0.2) is 0 Å². The fourth-order valence-electron chi connectivity index (χ4n) is 2.66. The summed E-state index contributed by atoms with van der Waals surface area (Å²) in [6.07, 6.45) is 2.34. The molecule has 2 nitrogen and oxygen atoms in total. The molecule has 0 aromatic carbocycles.